The first-order valence-electron chi connectivity index (χ1n) is 6.86. The molecule has 0 spiro atoms. The molecule has 1 aromatic rings. The lowest BCUT2D eigenvalue weighted by Crippen LogP contribution is -2.57. The molecule has 4 heteroatoms. The second kappa shape index (κ2) is 6.28. The molecule has 0 radical (unpaired) electrons. The van der Waals surface area contributed by atoms with E-state index in [0.29, 0.717) is 0 Å². The second-order valence-corrected chi connectivity index (χ2v) is 5.53. The van der Waals surface area contributed by atoms with Crippen LogP contribution in [0.1, 0.15) is 18.9 Å². The first-order valence-corrected chi connectivity index (χ1v) is 6.86. The van der Waals surface area contributed by atoms with E-state index in [-0.39, 0.29) is 23.9 Å². The molecule has 0 aliphatic carbocycles. The molecule has 19 heavy (non-hydrogen) atoms. The molecule has 1 heterocycles. The zero-order valence-corrected chi connectivity index (χ0v) is 11.5. The summed E-state index contributed by atoms with van der Waals surface area (Å²) in [6.45, 7) is 3.16. The van der Waals surface area contributed by atoms with Crippen LogP contribution in [-0.2, 0) is 11.2 Å². The largest absolute Gasteiger partial charge is 0.326 e. The topological polar surface area (TPSA) is 72.3 Å². The quantitative estimate of drug-likeness (QED) is 0.830. The monoisotopic (exact) mass is 261 g/mol. The standard InChI is InChI=1S/C15H23N3O/c1-11(19)15(7-12-5-3-2-4-6-12)18-9-13(16)8-14(17)10-18/h2-6,13-15H,7-10,16-17H2,1H3/t13-,14+,15-/m0/s1. The van der Waals surface area contributed by atoms with E-state index in [0.717, 1.165) is 25.9 Å². The van der Waals surface area contributed by atoms with Gasteiger partial charge >= 0.3 is 0 Å². The molecule has 1 saturated heterocycles. The van der Waals surface area contributed by atoms with E-state index >= 15 is 0 Å². The Labute approximate surface area is 114 Å². The average molecular weight is 261 g/mol. The maximum Gasteiger partial charge on any atom is 0.147 e. The van der Waals surface area contributed by atoms with E-state index < -0.39 is 0 Å². The summed E-state index contributed by atoms with van der Waals surface area (Å²) in [4.78, 5) is 14.1. The first-order chi connectivity index (χ1) is 9.06. The smallest absolute Gasteiger partial charge is 0.147 e. The SMILES string of the molecule is CC(=O)[C@H](Cc1ccccc1)N1C[C@H](N)C[C@H](N)C1. The minimum Gasteiger partial charge on any atom is -0.326 e. The van der Waals surface area contributed by atoms with Crippen molar-refractivity contribution in [2.75, 3.05) is 13.1 Å². The Bertz CT molecular complexity index is 411. The Morgan fingerprint density at radius 3 is 2.37 bits per heavy atom. The molecule has 0 saturated carbocycles. The van der Waals surface area contributed by atoms with Crippen LogP contribution in [0.4, 0.5) is 0 Å². The van der Waals surface area contributed by atoms with Crippen LogP contribution < -0.4 is 11.5 Å². The van der Waals surface area contributed by atoms with Gasteiger partial charge < -0.3 is 11.5 Å². The van der Waals surface area contributed by atoms with E-state index in [1.54, 1.807) is 6.92 Å². The van der Waals surface area contributed by atoms with Crippen LogP contribution in [0.3, 0.4) is 0 Å². The van der Waals surface area contributed by atoms with E-state index in [4.69, 9.17) is 11.5 Å². The lowest BCUT2D eigenvalue weighted by molar-refractivity contribution is -0.122. The van der Waals surface area contributed by atoms with Crippen molar-refractivity contribution in [3.05, 3.63) is 35.9 Å². The van der Waals surface area contributed by atoms with Gasteiger partial charge in [-0.25, -0.2) is 0 Å². The maximum absolute atomic E-state index is 11.9. The Kier molecular flexibility index (Phi) is 4.69. The number of ketones is 1. The van der Waals surface area contributed by atoms with Crippen molar-refractivity contribution in [1.82, 2.24) is 4.90 Å². The molecule has 1 fully saturated rings. The number of nitrogens with two attached hydrogens (primary N) is 2. The van der Waals surface area contributed by atoms with Gasteiger partial charge in [0.1, 0.15) is 5.78 Å². The highest BCUT2D eigenvalue weighted by atomic mass is 16.1. The van der Waals surface area contributed by atoms with Crippen LogP contribution in [0.5, 0.6) is 0 Å². The van der Waals surface area contributed by atoms with Crippen molar-refractivity contribution >= 4 is 5.78 Å². The number of hydrogen-bond acceptors (Lipinski definition) is 4. The van der Waals surface area contributed by atoms with Crippen LogP contribution >= 0.6 is 0 Å². The number of benzene rings is 1. The summed E-state index contributed by atoms with van der Waals surface area (Å²) in [5, 5.41) is 0. The Morgan fingerprint density at radius 2 is 1.84 bits per heavy atom. The van der Waals surface area contributed by atoms with Crippen LogP contribution in [-0.4, -0.2) is 41.9 Å². The molecule has 0 aromatic heterocycles. The minimum atomic E-state index is -0.111. The third-order valence-electron chi connectivity index (χ3n) is 3.73. The van der Waals surface area contributed by atoms with Gasteiger partial charge in [-0.2, -0.15) is 0 Å². The van der Waals surface area contributed by atoms with Crippen LogP contribution in [0.25, 0.3) is 0 Å². The van der Waals surface area contributed by atoms with Crippen LogP contribution in [0.2, 0.25) is 0 Å². The zero-order valence-electron chi connectivity index (χ0n) is 11.5. The summed E-state index contributed by atoms with van der Waals surface area (Å²) in [6, 6.07) is 10.1. The summed E-state index contributed by atoms with van der Waals surface area (Å²) in [6.07, 6.45) is 1.57. The number of Topliss-reactive ketones (excluding diaryl/α,β-unsaturated/α-hetero) is 1. The molecular weight excluding hydrogens is 238 g/mol. The van der Waals surface area contributed by atoms with Crippen molar-refractivity contribution in [2.45, 2.75) is 37.9 Å². The van der Waals surface area contributed by atoms with Gasteiger partial charge in [0.15, 0.2) is 0 Å². The van der Waals surface area contributed by atoms with Crippen molar-refractivity contribution in [1.29, 1.82) is 0 Å². The molecular formula is C15H23N3O. The maximum atomic E-state index is 11.9. The van der Waals surface area contributed by atoms with Gasteiger partial charge in [-0.15, -0.1) is 0 Å². The lowest BCUT2D eigenvalue weighted by Gasteiger charge is -2.38. The van der Waals surface area contributed by atoms with Gasteiger partial charge in [0, 0.05) is 25.2 Å². The molecule has 0 unspecified atom stereocenters. The predicted molar refractivity (Wildman–Crippen MR) is 76.8 cm³/mol. The number of carbonyl (C=O) groups excluding carboxylic acids is 1. The van der Waals surface area contributed by atoms with Crippen LogP contribution in [0.15, 0.2) is 30.3 Å². The number of piperidine rings is 1. The highest BCUT2D eigenvalue weighted by Crippen LogP contribution is 2.16. The lowest BCUT2D eigenvalue weighted by atomic mass is 9.96. The van der Waals surface area contributed by atoms with E-state index in [9.17, 15) is 4.79 Å². The van der Waals surface area contributed by atoms with Crippen molar-refractivity contribution in [3.8, 4) is 0 Å². The Balaban J connectivity index is 2.09. The summed E-state index contributed by atoms with van der Waals surface area (Å²) in [7, 11) is 0. The van der Waals surface area contributed by atoms with E-state index in [1.807, 2.05) is 18.2 Å². The summed E-state index contributed by atoms with van der Waals surface area (Å²) in [5.74, 6) is 0.185. The highest BCUT2D eigenvalue weighted by Gasteiger charge is 2.30. The molecule has 104 valence electrons. The Morgan fingerprint density at radius 1 is 1.26 bits per heavy atom. The normalized spacial score (nSPS) is 26.1. The molecule has 2 rings (SSSR count). The van der Waals surface area contributed by atoms with Gasteiger partial charge in [0.25, 0.3) is 0 Å². The van der Waals surface area contributed by atoms with Gasteiger partial charge in [-0.1, -0.05) is 30.3 Å². The first kappa shape index (κ1) is 14.2. The number of carbonyl (C=O) groups is 1. The zero-order chi connectivity index (χ0) is 13.8. The van der Waals surface area contributed by atoms with E-state index in [1.165, 1.54) is 5.56 Å². The van der Waals surface area contributed by atoms with Crippen molar-refractivity contribution < 1.29 is 4.79 Å². The summed E-state index contributed by atoms with van der Waals surface area (Å²) >= 11 is 0. The molecule has 4 nitrogen and oxygen atoms in total. The number of nitrogens with zero attached hydrogens (tertiary/aromatic N) is 1. The molecule has 0 bridgehead atoms. The number of hydrogen-bond donors (Lipinski definition) is 2. The third kappa shape index (κ3) is 3.86. The van der Waals surface area contributed by atoms with E-state index in [2.05, 4.69) is 17.0 Å². The molecule has 4 N–H and O–H groups in total. The average Bonchev–Trinajstić information content (AvgIpc) is 2.35. The van der Waals surface area contributed by atoms with Gasteiger partial charge in [0.05, 0.1) is 6.04 Å². The van der Waals surface area contributed by atoms with Gasteiger partial charge in [0.2, 0.25) is 0 Å². The summed E-state index contributed by atoms with van der Waals surface area (Å²) in [5.41, 5.74) is 13.2. The Hall–Kier alpha value is -1.23. The fourth-order valence-electron chi connectivity index (χ4n) is 2.84. The number of likely N-dealkylation sites (tertiary alicyclic amines) is 1. The molecule has 3 atom stereocenters. The minimum absolute atomic E-state index is 0.0707. The van der Waals surface area contributed by atoms with Crippen molar-refractivity contribution in [3.63, 3.8) is 0 Å². The molecule has 1 aliphatic rings. The van der Waals surface area contributed by atoms with Crippen molar-refractivity contribution in [2.24, 2.45) is 11.5 Å². The fraction of sp³-hybridized carbons (Fsp3) is 0.533. The van der Waals surface area contributed by atoms with Gasteiger partial charge in [-0.05, 0) is 25.3 Å². The predicted octanol–water partition coefficient (Wildman–Crippen LogP) is 0.547. The summed E-state index contributed by atoms with van der Waals surface area (Å²) < 4.78 is 0. The highest BCUT2D eigenvalue weighted by molar-refractivity contribution is 5.81. The fourth-order valence-corrected chi connectivity index (χ4v) is 2.84. The second-order valence-electron chi connectivity index (χ2n) is 5.53. The van der Waals surface area contributed by atoms with Gasteiger partial charge in [-0.3, -0.25) is 9.69 Å². The third-order valence-corrected chi connectivity index (χ3v) is 3.73. The molecule has 0 amide bonds. The number of rotatable bonds is 4. The molecule has 1 aromatic carbocycles. The van der Waals surface area contributed by atoms with Crippen LogP contribution in [0, 0.1) is 0 Å². The molecule has 1 aliphatic heterocycles.